The fourth-order valence-corrected chi connectivity index (χ4v) is 2.90. The molecule has 2 nitrogen and oxygen atoms in total. The minimum Gasteiger partial charge on any atom is -0.314 e. The molecule has 1 aromatic carbocycles. The average Bonchev–Trinajstić information content (AvgIpc) is 2.24. The van der Waals surface area contributed by atoms with Gasteiger partial charge in [-0.2, -0.15) is 0 Å². The summed E-state index contributed by atoms with van der Waals surface area (Å²) in [5.41, 5.74) is 1.39. The lowest BCUT2D eigenvalue weighted by Crippen LogP contribution is -2.57. The number of benzene rings is 1. The van der Waals surface area contributed by atoms with Gasteiger partial charge in [-0.15, -0.1) is 0 Å². The number of rotatable bonds is 2. The smallest absolute Gasteiger partial charge is 0.0462 e. The maximum Gasteiger partial charge on any atom is 0.0462 e. The van der Waals surface area contributed by atoms with Gasteiger partial charge in [0.1, 0.15) is 0 Å². The molecule has 1 heterocycles. The Bertz CT molecular complexity index is 406. The van der Waals surface area contributed by atoms with Crippen LogP contribution in [-0.2, 0) is 6.54 Å². The fraction of sp³-hybridized carbons (Fsp3) is 0.538. The fourth-order valence-electron chi connectivity index (χ4n) is 2.17. The molecule has 0 unspecified atom stereocenters. The number of nitrogens with zero attached hydrogens (tertiary/aromatic N) is 1. The van der Waals surface area contributed by atoms with Crippen LogP contribution in [-0.4, -0.2) is 30.1 Å². The van der Waals surface area contributed by atoms with Gasteiger partial charge in [0.05, 0.1) is 0 Å². The van der Waals surface area contributed by atoms with E-state index in [1.807, 2.05) is 6.07 Å². The van der Waals surface area contributed by atoms with Gasteiger partial charge < -0.3 is 5.32 Å². The highest BCUT2D eigenvalue weighted by Crippen LogP contribution is 2.26. The summed E-state index contributed by atoms with van der Waals surface area (Å²) in [6.07, 6.45) is 0. The summed E-state index contributed by atoms with van der Waals surface area (Å²) < 4.78 is 1.03. The number of halogens is 2. The second kappa shape index (κ2) is 5.27. The van der Waals surface area contributed by atoms with E-state index in [4.69, 9.17) is 11.6 Å². The molecule has 1 aromatic rings. The van der Waals surface area contributed by atoms with Gasteiger partial charge in [0, 0.05) is 41.2 Å². The predicted molar refractivity (Wildman–Crippen MR) is 76.5 cm³/mol. The monoisotopic (exact) mass is 316 g/mol. The van der Waals surface area contributed by atoms with E-state index < -0.39 is 0 Å². The van der Waals surface area contributed by atoms with Crippen LogP contribution in [0.15, 0.2) is 22.7 Å². The molecule has 0 spiro atoms. The first-order valence-corrected chi connectivity index (χ1v) is 7.06. The quantitative estimate of drug-likeness (QED) is 0.900. The molecule has 17 heavy (non-hydrogen) atoms. The molecule has 94 valence electrons. The Balaban J connectivity index is 2.14. The second-order valence-corrected chi connectivity index (χ2v) is 6.47. The lowest BCUT2D eigenvalue weighted by molar-refractivity contribution is 0.0828. The molecular weight excluding hydrogens is 300 g/mol. The van der Waals surface area contributed by atoms with Crippen molar-refractivity contribution in [3.8, 4) is 0 Å². The molecule has 0 radical (unpaired) electrons. The maximum atomic E-state index is 6.27. The molecule has 2 rings (SSSR count). The molecule has 1 saturated heterocycles. The largest absolute Gasteiger partial charge is 0.314 e. The third kappa shape index (κ3) is 3.22. The van der Waals surface area contributed by atoms with Crippen LogP contribution in [0.3, 0.4) is 0 Å². The highest BCUT2D eigenvalue weighted by molar-refractivity contribution is 9.10. The van der Waals surface area contributed by atoms with Crippen molar-refractivity contribution >= 4 is 27.5 Å². The van der Waals surface area contributed by atoms with Crippen LogP contribution in [0, 0.1) is 0 Å². The molecule has 0 saturated carbocycles. The topological polar surface area (TPSA) is 15.3 Å². The minimum absolute atomic E-state index is 0.189. The van der Waals surface area contributed by atoms with Crippen LogP contribution in [0.5, 0.6) is 0 Å². The molecular formula is C13H18BrClN2. The first-order chi connectivity index (χ1) is 7.99. The van der Waals surface area contributed by atoms with E-state index in [9.17, 15) is 0 Å². The zero-order chi connectivity index (χ0) is 12.5. The highest BCUT2D eigenvalue weighted by atomic mass is 79.9. The van der Waals surface area contributed by atoms with Gasteiger partial charge in [-0.25, -0.2) is 0 Å². The van der Waals surface area contributed by atoms with Gasteiger partial charge in [0.15, 0.2) is 0 Å². The first kappa shape index (κ1) is 13.3. The summed E-state index contributed by atoms with van der Waals surface area (Å²) in [5.74, 6) is 0. The summed E-state index contributed by atoms with van der Waals surface area (Å²) in [5, 5.41) is 4.27. The van der Waals surface area contributed by atoms with E-state index in [-0.39, 0.29) is 5.54 Å². The molecule has 0 aromatic heterocycles. The van der Waals surface area contributed by atoms with E-state index in [1.165, 1.54) is 5.56 Å². The third-order valence-corrected chi connectivity index (χ3v) is 4.19. The van der Waals surface area contributed by atoms with E-state index >= 15 is 0 Å². The van der Waals surface area contributed by atoms with Crippen LogP contribution in [0.25, 0.3) is 0 Å². The van der Waals surface area contributed by atoms with Crippen LogP contribution in [0.1, 0.15) is 19.4 Å². The van der Waals surface area contributed by atoms with Gasteiger partial charge in [-0.1, -0.05) is 33.6 Å². The van der Waals surface area contributed by atoms with Crippen molar-refractivity contribution in [2.75, 3.05) is 19.6 Å². The Morgan fingerprint density at radius 2 is 2.24 bits per heavy atom. The van der Waals surface area contributed by atoms with Crippen LogP contribution in [0.4, 0.5) is 0 Å². The molecule has 1 aliphatic rings. The van der Waals surface area contributed by atoms with Crippen LogP contribution in [0.2, 0.25) is 5.02 Å². The van der Waals surface area contributed by atoms with Gasteiger partial charge in [-0.05, 0) is 31.5 Å². The summed E-state index contributed by atoms with van der Waals surface area (Å²) >= 11 is 9.71. The SMILES string of the molecule is CC1(C)CNCCN1Cc1ccc(Br)cc1Cl. The Kier molecular flexibility index (Phi) is 4.14. The van der Waals surface area contributed by atoms with Crippen molar-refractivity contribution < 1.29 is 0 Å². The van der Waals surface area contributed by atoms with E-state index in [0.29, 0.717) is 0 Å². The molecule has 1 fully saturated rings. The number of hydrogen-bond donors (Lipinski definition) is 1. The molecule has 4 heteroatoms. The molecule has 0 aliphatic carbocycles. The predicted octanol–water partition coefficient (Wildman–Crippen LogP) is 3.29. The maximum absolute atomic E-state index is 6.27. The Morgan fingerprint density at radius 3 is 2.88 bits per heavy atom. The van der Waals surface area contributed by atoms with Gasteiger partial charge in [0.25, 0.3) is 0 Å². The minimum atomic E-state index is 0.189. The number of hydrogen-bond acceptors (Lipinski definition) is 2. The Hall–Kier alpha value is -0.0900. The van der Waals surface area contributed by atoms with Crippen molar-refractivity contribution in [3.05, 3.63) is 33.3 Å². The van der Waals surface area contributed by atoms with Crippen molar-refractivity contribution in [1.29, 1.82) is 0 Å². The first-order valence-electron chi connectivity index (χ1n) is 5.89. The van der Waals surface area contributed by atoms with Crippen molar-refractivity contribution in [3.63, 3.8) is 0 Å². The van der Waals surface area contributed by atoms with Crippen molar-refractivity contribution in [2.45, 2.75) is 25.9 Å². The molecule has 0 atom stereocenters. The summed E-state index contributed by atoms with van der Waals surface area (Å²) in [4.78, 5) is 2.48. The summed E-state index contributed by atoms with van der Waals surface area (Å²) in [6.45, 7) is 8.61. The summed E-state index contributed by atoms with van der Waals surface area (Å²) in [6, 6.07) is 6.12. The van der Waals surface area contributed by atoms with Gasteiger partial charge in [-0.3, -0.25) is 4.90 Å². The van der Waals surface area contributed by atoms with Gasteiger partial charge >= 0.3 is 0 Å². The Morgan fingerprint density at radius 1 is 1.47 bits per heavy atom. The normalized spacial score (nSPS) is 20.5. The lowest BCUT2D eigenvalue weighted by atomic mass is 9.99. The zero-order valence-electron chi connectivity index (χ0n) is 10.3. The average molecular weight is 318 g/mol. The molecule has 1 N–H and O–H groups in total. The Labute approximate surface area is 116 Å². The highest BCUT2D eigenvalue weighted by Gasteiger charge is 2.29. The van der Waals surface area contributed by atoms with Crippen molar-refractivity contribution in [1.82, 2.24) is 10.2 Å². The zero-order valence-corrected chi connectivity index (χ0v) is 12.6. The van der Waals surface area contributed by atoms with E-state index in [1.54, 1.807) is 0 Å². The number of piperazine rings is 1. The molecule has 0 bridgehead atoms. The summed E-state index contributed by atoms with van der Waals surface area (Å²) in [7, 11) is 0. The van der Waals surface area contributed by atoms with E-state index in [2.05, 4.69) is 52.1 Å². The lowest BCUT2D eigenvalue weighted by Gasteiger charge is -2.43. The van der Waals surface area contributed by atoms with Crippen LogP contribution >= 0.6 is 27.5 Å². The van der Waals surface area contributed by atoms with Crippen molar-refractivity contribution in [2.24, 2.45) is 0 Å². The number of nitrogens with one attached hydrogen (secondary N) is 1. The second-order valence-electron chi connectivity index (χ2n) is 5.15. The van der Waals surface area contributed by atoms with Gasteiger partial charge in [0.2, 0.25) is 0 Å². The molecule has 1 aliphatic heterocycles. The third-order valence-electron chi connectivity index (χ3n) is 3.35. The van der Waals surface area contributed by atoms with E-state index in [0.717, 1.165) is 35.7 Å². The molecule has 0 amide bonds. The van der Waals surface area contributed by atoms with Crippen LogP contribution < -0.4 is 5.32 Å². The standard InChI is InChI=1S/C13H18BrClN2/c1-13(2)9-16-5-6-17(13)8-10-3-4-11(14)7-12(10)15/h3-4,7,16H,5-6,8-9H2,1-2H3.